The molecule has 1 aromatic carbocycles. The highest BCUT2D eigenvalue weighted by atomic mass is 32.2. The Bertz CT molecular complexity index is 381. The summed E-state index contributed by atoms with van der Waals surface area (Å²) in [7, 11) is 0. The molecule has 0 spiro atoms. The van der Waals surface area contributed by atoms with Crippen LogP contribution >= 0.6 is 23.3 Å². The van der Waals surface area contributed by atoms with Crippen molar-refractivity contribution in [2.45, 2.75) is 4.21 Å². The van der Waals surface area contributed by atoms with Crippen LogP contribution in [0.4, 0.5) is 0 Å². The Kier molecular flexibility index (Phi) is 2.66. The third kappa shape index (κ3) is 1.92. The first-order chi connectivity index (χ1) is 6.40. The second kappa shape index (κ2) is 3.94. The van der Waals surface area contributed by atoms with Crippen LogP contribution in [0, 0.1) is 0 Å². The Balaban J connectivity index is 2.36. The third-order valence-electron chi connectivity index (χ3n) is 1.76. The van der Waals surface area contributed by atoms with Crippen LogP contribution < -0.4 is 0 Å². The second-order valence-electron chi connectivity index (χ2n) is 2.60. The summed E-state index contributed by atoms with van der Waals surface area (Å²) >= 11 is 3.30. The maximum absolute atomic E-state index is 4.38. The number of rotatable bonds is 2. The van der Waals surface area contributed by atoms with Gasteiger partial charge in [-0.25, -0.2) is 0 Å². The first kappa shape index (κ1) is 8.78. The van der Waals surface area contributed by atoms with Gasteiger partial charge in [0.15, 0.2) is 0 Å². The third-order valence-corrected chi connectivity index (χ3v) is 3.59. The molecule has 0 amide bonds. The highest BCUT2D eigenvalue weighted by Crippen LogP contribution is 2.26. The van der Waals surface area contributed by atoms with Gasteiger partial charge in [0.1, 0.15) is 0 Å². The highest BCUT2D eigenvalue weighted by molar-refractivity contribution is 8.00. The van der Waals surface area contributed by atoms with Gasteiger partial charge in [-0.1, -0.05) is 30.3 Å². The number of hydrogen-bond acceptors (Lipinski definition) is 3. The molecule has 0 unspecified atom stereocenters. The van der Waals surface area contributed by atoms with Crippen LogP contribution in [0.3, 0.4) is 0 Å². The molecule has 0 saturated heterocycles. The topological polar surface area (TPSA) is 12.9 Å². The van der Waals surface area contributed by atoms with Crippen molar-refractivity contribution >= 4 is 23.3 Å². The van der Waals surface area contributed by atoms with Gasteiger partial charge in [-0.05, 0) is 23.9 Å². The van der Waals surface area contributed by atoms with E-state index < -0.39 is 0 Å². The summed E-state index contributed by atoms with van der Waals surface area (Å²) in [5.41, 5.74) is 2.27. The lowest BCUT2D eigenvalue weighted by molar-refractivity contribution is 1.52. The number of nitrogens with zero attached hydrogens (tertiary/aromatic N) is 1. The van der Waals surface area contributed by atoms with Crippen molar-refractivity contribution in [3.8, 4) is 11.3 Å². The molecular weight excluding hydrogens is 198 g/mol. The fourth-order valence-corrected chi connectivity index (χ4v) is 2.25. The first-order valence-electron chi connectivity index (χ1n) is 3.96. The lowest BCUT2D eigenvalue weighted by Crippen LogP contribution is -1.73. The fourth-order valence-electron chi connectivity index (χ4n) is 1.10. The average Bonchev–Trinajstić information content (AvgIpc) is 2.67. The van der Waals surface area contributed by atoms with Crippen molar-refractivity contribution in [1.29, 1.82) is 0 Å². The highest BCUT2D eigenvalue weighted by Gasteiger charge is 2.01. The van der Waals surface area contributed by atoms with Gasteiger partial charge in [0.2, 0.25) is 0 Å². The molecule has 0 atom stereocenters. The molecule has 66 valence electrons. The fraction of sp³-hybridized carbons (Fsp3) is 0.100. The normalized spacial score (nSPS) is 10.2. The lowest BCUT2D eigenvalue weighted by Gasteiger charge is -1.92. The van der Waals surface area contributed by atoms with E-state index in [1.54, 1.807) is 23.3 Å². The molecular formula is C10H9NS2. The molecule has 0 radical (unpaired) electrons. The lowest BCUT2D eigenvalue weighted by atomic mass is 10.2. The first-order valence-corrected chi connectivity index (χ1v) is 5.96. The minimum absolute atomic E-state index is 1.08. The summed E-state index contributed by atoms with van der Waals surface area (Å²) in [4.78, 5) is 0. The van der Waals surface area contributed by atoms with E-state index in [0.29, 0.717) is 0 Å². The Labute approximate surface area is 86.0 Å². The van der Waals surface area contributed by atoms with Gasteiger partial charge in [0.25, 0.3) is 0 Å². The zero-order valence-electron chi connectivity index (χ0n) is 7.23. The quantitative estimate of drug-likeness (QED) is 0.699. The Morgan fingerprint density at radius 1 is 1.23 bits per heavy atom. The van der Waals surface area contributed by atoms with Crippen LogP contribution in [0.5, 0.6) is 0 Å². The molecule has 0 aliphatic rings. The van der Waals surface area contributed by atoms with Crippen molar-refractivity contribution in [3.63, 3.8) is 0 Å². The Morgan fingerprint density at radius 2 is 2.00 bits per heavy atom. The molecule has 0 fully saturated rings. The zero-order chi connectivity index (χ0) is 9.10. The van der Waals surface area contributed by atoms with Crippen LogP contribution in [0.2, 0.25) is 0 Å². The number of aromatic nitrogens is 1. The van der Waals surface area contributed by atoms with E-state index in [0.717, 1.165) is 5.69 Å². The van der Waals surface area contributed by atoms with E-state index in [1.165, 1.54) is 9.77 Å². The maximum atomic E-state index is 4.38. The van der Waals surface area contributed by atoms with Gasteiger partial charge in [-0.2, -0.15) is 4.37 Å². The monoisotopic (exact) mass is 207 g/mol. The van der Waals surface area contributed by atoms with Crippen molar-refractivity contribution in [1.82, 2.24) is 4.37 Å². The molecule has 0 aliphatic carbocycles. The minimum atomic E-state index is 1.08. The van der Waals surface area contributed by atoms with Crippen LogP contribution in [-0.2, 0) is 0 Å². The SMILES string of the molecule is CSc1cc(-c2ccccc2)ns1. The van der Waals surface area contributed by atoms with Gasteiger partial charge in [0.05, 0.1) is 9.90 Å². The van der Waals surface area contributed by atoms with E-state index in [2.05, 4.69) is 28.8 Å². The summed E-state index contributed by atoms with van der Waals surface area (Å²) in [6, 6.07) is 12.4. The van der Waals surface area contributed by atoms with Crippen LogP contribution in [-0.4, -0.2) is 10.6 Å². The van der Waals surface area contributed by atoms with Gasteiger partial charge < -0.3 is 0 Å². The largest absolute Gasteiger partial charge is 0.192 e. The molecule has 1 nitrogen and oxygen atoms in total. The molecule has 0 saturated carbocycles. The summed E-state index contributed by atoms with van der Waals surface area (Å²) < 4.78 is 5.64. The summed E-state index contributed by atoms with van der Waals surface area (Å²) in [5.74, 6) is 0. The molecule has 0 bridgehead atoms. The predicted octanol–water partition coefficient (Wildman–Crippen LogP) is 3.53. The smallest absolute Gasteiger partial charge is 0.0852 e. The Morgan fingerprint density at radius 3 is 2.62 bits per heavy atom. The van der Waals surface area contributed by atoms with Gasteiger partial charge in [-0.15, -0.1) is 11.8 Å². The van der Waals surface area contributed by atoms with Crippen molar-refractivity contribution in [3.05, 3.63) is 36.4 Å². The molecule has 3 heteroatoms. The van der Waals surface area contributed by atoms with Crippen molar-refractivity contribution < 1.29 is 0 Å². The van der Waals surface area contributed by atoms with Gasteiger partial charge in [-0.3, -0.25) is 0 Å². The predicted molar refractivity (Wildman–Crippen MR) is 59.3 cm³/mol. The van der Waals surface area contributed by atoms with E-state index in [9.17, 15) is 0 Å². The molecule has 13 heavy (non-hydrogen) atoms. The molecule has 0 aliphatic heterocycles. The number of thioether (sulfide) groups is 1. The van der Waals surface area contributed by atoms with Crippen LogP contribution in [0.25, 0.3) is 11.3 Å². The molecule has 2 rings (SSSR count). The number of benzene rings is 1. The standard InChI is InChI=1S/C10H9NS2/c1-12-10-7-9(11-13-10)8-5-3-2-4-6-8/h2-7H,1H3. The van der Waals surface area contributed by atoms with Crippen molar-refractivity contribution in [2.24, 2.45) is 0 Å². The zero-order valence-corrected chi connectivity index (χ0v) is 8.86. The van der Waals surface area contributed by atoms with Gasteiger partial charge >= 0.3 is 0 Å². The van der Waals surface area contributed by atoms with E-state index >= 15 is 0 Å². The maximum Gasteiger partial charge on any atom is 0.0852 e. The molecule has 1 aromatic heterocycles. The van der Waals surface area contributed by atoms with Gasteiger partial charge in [0, 0.05) is 5.56 Å². The number of hydrogen-bond donors (Lipinski definition) is 0. The minimum Gasteiger partial charge on any atom is -0.192 e. The van der Waals surface area contributed by atoms with E-state index in [-0.39, 0.29) is 0 Å². The van der Waals surface area contributed by atoms with Crippen LogP contribution in [0.1, 0.15) is 0 Å². The molecule has 0 N–H and O–H groups in total. The van der Waals surface area contributed by atoms with E-state index in [4.69, 9.17) is 0 Å². The van der Waals surface area contributed by atoms with Crippen molar-refractivity contribution in [2.75, 3.05) is 6.26 Å². The summed E-state index contributed by atoms with van der Waals surface area (Å²) in [5, 5.41) is 0. The average molecular weight is 207 g/mol. The molecule has 2 aromatic rings. The second-order valence-corrected chi connectivity index (χ2v) is 4.51. The summed E-state index contributed by atoms with van der Waals surface area (Å²) in [6.07, 6.45) is 2.07. The van der Waals surface area contributed by atoms with Crippen LogP contribution in [0.15, 0.2) is 40.6 Å². The Hall–Kier alpha value is -0.800. The summed E-state index contributed by atoms with van der Waals surface area (Å²) in [6.45, 7) is 0. The van der Waals surface area contributed by atoms with E-state index in [1.807, 2.05) is 18.2 Å². The molecule has 1 heterocycles.